The molecule has 0 fully saturated rings. The van der Waals surface area contributed by atoms with Gasteiger partial charge in [-0.25, -0.2) is 4.39 Å². The molecule has 0 aliphatic heterocycles. The topological polar surface area (TPSA) is 41.5 Å². The van der Waals surface area contributed by atoms with Gasteiger partial charge in [0.25, 0.3) is 0 Å². The van der Waals surface area contributed by atoms with Crippen LogP contribution in [-0.2, 0) is 11.3 Å². The molecule has 5 heteroatoms. The van der Waals surface area contributed by atoms with Crippen molar-refractivity contribution >= 4 is 11.3 Å². The lowest BCUT2D eigenvalue weighted by Crippen LogP contribution is -2.35. The molecule has 20 heavy (non-hydrogen) atoms. The number of ether oxygens (including phenoxy) is 1. The number of nitrogens with one attached hydrogen (secondary N) is 1. The number of aliphatic hydroxyl groups excluding tert-OH is 1. The molecule has 0 radical (unpaired) electrons. The summed E-state index contributed by atoms with van der Waals surface area (Å²) in [5.41, 5.74) is 1.59. The summed E-state index contributed by atoms with van der Waals surface area (Å²) in [4.78, 5) is 0.917. The second kappa shape index (κ2) is 7.50. The van der Waals surface area contributed by atoms with E-state index in [1.807, 2.05) is 23.6 Å². The molecule has 1 unspecified atom stereocenters. The Bertz CT molecular complexity index is 531. The van der Waals surface area contributed by atoms with Gasteiger partial charge in [-0.3, -0.25) is 0 Å². The van der Waals surface area contributed by atoms with Crippen molar-refractivity contribution in [1.29, 1.82) is 0 Å². The molecule has 108 valence electrons. The van der Waals surface area contributed by atoms with Crippen LogP contribution in [0.4, 0.5) is 4.39 Å². The maximum atomic E-state index is 13.8. The summed E-state index contributed by atoms with van der Waals surface area (Å²) >= 11 is 1.52. The zero-order chi connectivity index (χ0) is 14.4. The zero-order valence-corrected chi connectivity index (χ0v) is 12.1. The van der Waals surface area contributed by atoms with Gasteiger partial charge in [0.05, 0.1) is 19.3 Å². The van der Waals surface area contributed by atoms with Gasteiger partial charge in [0.15, 0.2) is 0 Å². The molecule has 0 amide bonds. The van der Waals surface area contributed by atoms with Crippen LogP contribution in [0.5, 0.6) is 0 Å². The van der Waals surface area contributed by atoms with Crippen LogP contribution in [0.15, 0.2) is 35.7 Å². The highest BCUT2D eigenvalue weighted by Crippen LogP contribution is 2.28. The minimum Gasteiger partial charge on any atom is -0.395 e. The average Bonchev–Trinajstić information content (AvgIpc) is 2.99. The molecule has 0 saturated heterocycles. The van der Waals surface area contributed by atoms with Gasteiger partial charge in [-0.05, 0) is 29.1 Å². The lowest BCUT2D eigenvalue weighted by molar-refractivity contribution is 0.128. The standard InChI is InChI=1S/C15H18FNO2S/c1-19-10-12(9-18)17-8-11-4-5-14(16)13(7-11)15-3-2-6-20-15/h2-7,12,17-18H,8-10H2,1H3. The number of rotatable bonds is 7. The number of thiophene rings is 1. The first-order valence-corrected chi connectivity index (χ1v) is 7.28. The first kappa shape index (κ1) is 15.1. The lowest BCUT2D eigenvalue weighted by Gasteiger charge is -2.15. The van der Waals surface area contributed by atoms with Crippen LogP contribution in [0.1, 0.15) is 5.56 Å². The Labute approximate surface area is 122 Å². The lowest BCUT2D eigenvalue weighted by atomic mass is 10.1. The Morgan fingerprint density at radius 1 is 1.40 bits per heavy atom. The number of hydrogen-bond acceptors (Lipinski definition) is 4. The largest absolute Gasteiger partial charge is 0.395 e. The third kappa shape index (κ3) is 3.86. The molecule has 1 atom stereocenters. The second-order valence-corrected chi connectivity index (χ2v) is 5.45. The Morgan fingerprint density at radius 2 is 2.25 bits per heavy atom. The van der Waals surface area contributed by atoms with E-state index in [0.29, 0.717) is 18.7 Å². The molecule has 0 spiro atoms. The van der Waals surface area contributed by atoms with Crippen molar-refractivity contribution in [2.45, 2.75) is 12.6 Å². The van der Waals surface area contributed by atoms with Crippen LogP contribution in [-0.4, -0.2) is 31.5 Å². The van der Waals surface area contributed by atoms with Crippen molar-refractivity contribution in [2.75, 3.05) is 20.3 Å². The van der Waals surface area contributed by atoms with E-state index in [9.17, 15) is 9.50 Å². The maximum absolute atomic E-state index is 13.8. The van der Waals surface area contributed by atoms with E-state index in [2.05, 4.69) is 5.32 Å². The summed E-state index contributed by atoms with van der Waals surface area (Å²) in [6, 6.07) is 8.77. The molecule has 0 aliphatic carbocycles. The van der Waals surface area contributed by atoms with Crippen LogP contribution in [0.3, 0.4) is 0 Å². The van der Waals surface area contributed by atoms with Gasteiger partial charge in [-0.2, -0.15) is 0 Å². The quantitative estimate of drug-likeness (QED) is 0.825. The molecule has 3 nitrogen and oxygen atoms in total. The van der Waals surface area contributed by atoms with Gasteiger partial charge in [0, 0.05) is 24.1 Å². The van der Waals surface area contributed by atoms with E-state index >= 15 is 0 Å². The Morgan fingerprint density at radius 3 is 2.90 bits per heavy atom. The third-order valence-corrected chi connectivity index (χ3v) is 3.90. The predicted molar refractivity (Wildman–Crippen MR) is 79.3 cm³/mol. The molecule has 0 saturated carbocycles. The molecule has 2 aromatic rings. The molecule has 1 aromatic heterocycles. The van der Waals surface area contributed by atoms with E-state index in [4.69, 9.17) is 4.74 Å². The van der Waals surface area contributed by atoms with Gasteiger partial charge < -0.3 is 15.2 Å². The van der Waals surface area contributed by atoms with Gasteiger partial charge in [0.2, 0.25) is 0 Å². The highest BCUT2D eigenvalue weighted by molar-refractivity contribution is 7.13. The minimum absolute atomic E-state index is 0.00676. The second-order valence-electron chi connectivity index (χ2n) is 4.51. The number of hydrogen-bond donors (Lipinski definition) is 2. The first-order valence-electron chi connectivity index (χ1n) is 6.40. The number of methoxy groups -OCH3 is 1. The molecule has 0 aliphatic rings. The molecular weight excluding hydrogens is 277 g/mol. The van der Waals surface area contributed by atoms with Gasteiger partial charge in [-0.1, -0.05) is 12.1 Å². The fourth-order valence-electron chi connectivity index (χ4n) is 1.94. The summed E-state index contributed by atoms with van der Waals surface area (Å²) in [6.07, 6.45) is 0. The third-order valence-electron chi connectivity index (χ3n) is 3.00. The summed E-state index contributed by atoms with van der Waals surface area (Å²) < 4.78 is 18.8. The number of benzene rings is 1. The smallest absolute Gasteiger partial charge is 0.131 e. The highest BCUT2D eigenvalue weighted by atomic mass is 32.1. The first-order chi connectivity index (χ1) is 9.74. The monoisotopic (exact) mass is 295 g/mol. The van der Waals surface area contributed by atoms with E-state index in [1.165, 1.54) is 17.4 Å². The van der Waals surface area contributed by atoms with Crippen molar-refractivity contribution in [3.63, 3.8) is 0 Å². The van der Waals surface area contributed by atoms with Crippen molar-refractivity contribution in [2.24, 2.45) is 0 Å². The van der Waals surface area contributed by atoms with E-state index in [1.54, 1.807) is 13.2 Å². The predicted octanol–water partition coefficient (Wildman–Crippen LogP) is 2.65. The SMILES string of the molecule is COCC(CO)NCc1ccc(F)c(-c2cccs2)c1. The van der Waals surface area contributed by atoms with Crippen molar-refractivity contribution in [1.82, 2.24) is 5.32 Å². The van der Waals surface area contributed by atoms with Crippen LogP contribution >= 0.6 is 11.3 Å². The molecule has 1 heterocycles. The zero-order valence-electron chi connectivity index (χ0n) is 11.3. The van der Waals surface area contributed by atoms with E-state index in [-0.39, 0.29) is 18.5 Å². The summed E-state index contributed by atoms with van der Waals surface area (Å²) in [5.74, 6) is -0.216. The highest BCUT2D eigenvalue weighted by Gasteiger charge is 2.09. The fraction of sp³-hybridized carbons (Fsp3) is 0.333. The van der Waals surface area contributed by atoms with Crippen molar-refractivity contribution in [3.8, 4) is 10.4 Å². The Hall–Kier alpha value is -1.27. The van der Waals surface area contributed by atoms with Crippen molar-refractivity contribution in [3.05, 3.63) is 47.1 Å². The van der Waals surface area contributed by atoms with E-state index in [0.717, 1.165) is 10.4 Å². The Kier molecular flexibility index (Phi) is 5.67. The maximum Gasteiger partial charge on any atom is 0.131 e. The molecular formula is C15H18FNO2S. The van der Waals surface area contributed by atoms with Gasteiger partial charge >= 0.3 is 0 Å². The fourth-order valence-corrected chi connectivity index (χ4v) is 2.69. The number of aliphatic hydroxyl groups is 1. The summed E-state index contributed by atoms with van der Waals surface area (Å²) in [7, 11) is 1.59. The summed E-state index contributed by atoms with van der Waals surface area (Å²) in [6.45, 7) is 1.01. The van der Waals surface area contributed by atoms with Crippen molar-refractivity contribution < 1.29 is 14.2 Å². The van der Waals surface area contributed by atoms with Gasteiger partial charge in [-0.15, -0.1) is 11.3 Å². The van der Waals surface area contributed by atoms with Crippen LogP contribution < -0.4 is 5.32 Å². The molecule has 0 bridgehead atoms. The summed E-state index contributed by atoms with van der Waals surface area (Å²) in [5, 5.41) is 14.3. The molecule has 2 rings (SSSR count). The van der Waals surface area contributed by atoms with Crippen LogP contribution in [0, 0.1) is 5.82 Å². The van der Waals surface area contributed by atoms with Gasteiger partial charge in [0.1, 0.15) is 5.82 Å². The molecule has 1 aromatic carbocycles. The van der Waals surface area contributed by atoms with Crippen LogP contribution in [0.2, 0.25) is 0 Å². The van der Waals surface area contributed by atoms with Crippen LogP contribution in [0.25, 0.3) is 10.4 Å². The normalized spacial score (nSPS) is 12.6. The number of halogens is 1. The van der Waals surface area contributed by atoms with E-state index < -0.39 is 0 Å². The Balaban J connectivity index is 2.08. The average molecular weight is 295 g/mol. The molecule has 2 N–H and O–H groups in total. The minimum atomic E-state index is -0.216.